The van der Waals surface area contributed by atoms with Gasteiger partial charge in [-0.1, -0.05) is 37.0 Å². The lowest BCUT2D eigenvalue weighted by atomic mass is 10.2. The molecule has 1 heterocycles. The van der Waals surface area contributed by atoms with Crippen molar-refractivity contribution in [1.82, 2.24) is 14.9 Å². The number of hydrogen-bond acceptors (Lipinski definition) is 4. The van der Waals surface area contributed by atoms with Crippen molar-refractivity contribution in [3.8, 4) is 5.75 Å². The molecule has 0 atom stereocenters. The Morgan fingerprint density at radius 3 is 2.55 bits per heavy atom. The summed E-state index contributed by atoms with van der Waals surface area (Å²) in [5, 5.41) is 11.8. The van der Waals surface area contributed by atoms with Crippen LogP contribution in [-0.4, -0.2) is 27.7 Å². The number of nitrogens with zero attached hydrogens (tertiary/aromatic N) is 3. The Kier molecular flexibility index (Phi) is 5.61. The molecule has 0 saturated heterocycles. The Balaban J connectivity index is 2.25. The van der Waals surface area contributed by atoms with E-state index in [1.54, 1.807) is 25.3 Å². The highest BCUT2D eigenvalue weighted by Gasteiger charge is 2.10. The molecule has 0 aliphatic rings. The number of H-pyrrole nitrogens is 1. The highest BCUT2D eigenvalue weighted by molar-refractivity contribution is 7.71. The first-order chi connectivity index (χ1) is 10.4. The van der Waals surface area contributed by atoms with E-state index < -0.39 is 0 Å². The van der Waals surface area contributed by atoms with Crippen molar-refractivity contribution in [1.29, 1.82) is 0 Å². The molecule has 0 unspecified atom stereocenters. The first-order valence-corrected chi connectivity index (χ1v) is 7.85. The van der Waals surface area contributed by atoms with Crippen LogP contribution in [0.2, 0.25) is 10.0 Å². The van der Waals surface area contributed by atoms with Crippen LogP contribution in [0.1, 0.15) is 25.2 Å². The van der Waals surface area contributed by atoms with E-state index in [9.17, 15) is 0 Å². The summed E-state index contributed by atoms with van der Waals surface area (Å²) >= 11 is 17.5. The second kappa shape index (κ2) is 7.26. The minimum absolute atomic E-state index is 0.388. The summed E-state index contributed by atoms with van der Waals surface area (Å²) in [6.45, 7) is 6.46. The van der Waals surface area contributed by atoms with Crippen LogP contribution in [0.15, 0.2) is 17.2 Å². The Morgan fingerprint density at radius 1 is 1.41 bits per heavy atom. The van der Waals surface area contributed by atoms with Crippen LogP contribution in [-0.2, 0) is 0 Å². The lowest BCUT2D eigenvalue weighted by molar-refractivity contribution is 0.271. The summed E-state index contributed by atoms with van der Waals surface area (Å²) in [7, 11) is 0. The minimum Gasteiger partial charge on any atom is -0.490 e. The van der Waals surface area contributed by atoms with Crippen molar-refractivity contribution in [3.05, 3.63) is 38.3 Å². The Bertz CT molecular complexity index is 729. The zero-order chi connectivity index (χ0) is 16.3. The monoisotopic (exact) mass is 358 g/mol. The minimum atomic E-state index is 0.388. The second-order valence-electron chi connectivity index (χ2n) is 5.15. The standard InChI is InChI=1S/C14H16Cl2N4OS/c1-8(2)7-21-13-11(15)4-10(5-12(13)16)6-17-20-9(3)18-19-14(20)22/h4-6,8H,7H2,1-3H3,(H,19,22)/b17-6-. The zero-order valence-electron chi connectivity index (χ0n) is 12.4. The molecule has 1 N–H and O–H groups in total. The van der Waals surface area contributed by atoms with E-state index >= 15 is 0 Å². The molecular formula is C14H16Cl2N4OS. The normalized spacial score (nSPS) is 11.5. The predicted octanol–water partition coefficient (Wildman–Crippen LogP) is 4.47. The van der Waals surface area contributed by atoms with Gasteiger partial charge in [0.15, 0.2) is 5.75 Å². The first-order valence-electron chi connectivity index (χ1n) is 6.68. The van der Waals surface area contributed by atoms with E-state index in [1.807, 2.05) is 0 Å². The number of rotatable bonds is 5. The van der Waals surface area contributed by atoms with Crippen molar-refractivity contribution in [2.24, 2.45) is 11.0 Å². The number of hydrogen-bond donors (Lipinski definition) is 1. The highest BCUT2D eigenvalue weighted by atomic mass is 35.5. The summed E-state index contributed by atoms with van der Waals surface area (Å²) < 4.78 is 7.56. The third-order valence-electron chi connectivity index (χ3n) is 2.72. The summed E-state index contributed by atoms with van der Waals surface area (Å²) in [6.07, 6.45) is 1.61. The average molecular weight is 359 g/mol. The van der Waals surface area contributed by atoms with Crippen LogP contribution in [0.3, 0.4) is 0 Å². The molecule has 2 aromatic rings. The zero-order valence-corrected chi connectivity index (χ0v) is 14.8. The molecule has 0 radical (unpaired) electrons. The van der Waals surface area contributed by atoms with Crippen molar-refractivity contribution >= 4 is 41.6 Å². The molecule has 8 heteroatoms. The van der Waals surface area contributed by atoms with E-state index in [1.165, 1.54) is 4.68 Å². The molecular weight excluding hydrogens is 343 g/mol. The molecule has 1 aromatic carbocycles. The summed E-state index contributed by atoms with van der Waals surface area (Å²) in [4.78, 5) is 0. The van der Waals surface area contributed by atoms with E-state index in [4.69, 9.17) is 40.2 Å². The van der Waals surface area contributed by atoms with Crippen LogP contribution in [0.4, 0.5) is 0 Å². The van der Waals surface area contributed by atoms with Gasteiger partial charge in [0, 0.05) is 0 Å². The molecule has 2 rings (SSSR count). The van der Waals surface area contributed by atoms with Gasteiger partial charge < -0.3 is 4.74 Å². The van der Waals surface area contributed by atoms with Gasteiger partial charge in [0.2, 0.25) is 4.77 Å². The largest absolute Gasteiger partial charge is 0.490 e. The molecule has 5 nitrogen and oxygen atoms in total. The van der Waals surface area contributed by atoms with Gasteiger partial charge in [-0.05, 0) is 42.8 Å². The molecule has 0 fully saturated rings. The maximum absolute atomic E-state index is 6.22. The van der Waals surface area contributed by atoms with Gasteiger partial charge in [-0.3, -0.25) is 5.10 Å². The van der Waals surface area contributed by atoms with Crippen LogP contribution in [0, 0.1) is 17.6 Å². The van der Waals surface area contributed by atoms with Crippen LogP contribution in [0.25, 0.3) is 0 Å². The fourth-order valence-corrected chi connectivity index (χ4v) is 2.51. The molecule has 0 aliphatic carbocycles. The van der Waals surface area contributed by atoms with E-state index in [0.29, 0.717) is 38.9 Å². The third kappa shape index (κ3) is 4.09. The van der Waals surface area contributed by atoms with Gasteiger partial charge in [0.1, 0.15) is 5.82 Å². The Morgan fingerprint density at radius 2 is 2.05 bits per heavy atom. The molecule has 1 aromatic heterocycles. The van der Waals surface area contributed by atoms with Crippen molar-refractivity contribution < 1.29 is 4.74 Å². The van der Waals surface area contributed by atoms with E-state index in [0.717, 1.165) is 5.56 Å². The summed E-state index contributed by atoms with van der Waals surface area (Å²) in [5.41, 5.74) is 0.745. The van der Waals surface area contributed by atoms with Crippen LogP contribution < -0.4 is 4.74 Å². The molecule has 0 saturated carbocycles. The van der Waals surface area contributed by atoms with Crippen molar-refractivity contribution in [3.63, 3.8) is 0 Å². The fraction of sp³-hybridized carbons (Fsp3) is 0.357. The van der Waals surface area contributed by atoms with E-state index in [-0.39, 0.29) is 0 Å². The van der Waals surface area contributed by atoms with Gasteiger partial charge >= 0.3 is 0 Å². The SMILES string of the molecule is Cc1n[nH]c(=S)n1/N=C\c1cc(Cl)c(OCC(C)C)c(Cl)c1. The number of aromatic amines is 1. The third-order valence-corrected chi connectivity index (χ3v) is 3.54. The maximum atomic E-state index is 6.22. The number of aryl methyl sites for hydroxylation is 1. The van der Waals surface area contributed by atoms with Crippen LogP contribution >= 0.6 is 35.4 Å². The second-order valence-corrected chi connectivity index (χ2v) is 6.35. The number of ether oxygens (including phenoxy) is 1. The summed E-state index contributed by atoms with van der Waals surface area (Å²) in [5.74, 6) is 1.54. The summed E-state index contributed by atoms with van der Waals surface area (Å²) in [6, 6.07) is 3.48. The Labute approximate surface area is 143 Å². The molecule has 0 amide bonds. The van der Waals surface area contributed by atoms with Crippen LogP contribution in [0.5, 0.6) is 5.75 Å². The predicted molar refractivity (Wildman–Crippen MR) is 91.9 cm³/mol. The molecule has 22 heavy (non-hydrogen) atoms. The molecule has 118 valence electrons. The number of nitrogens with one attached hydrogen (secondary N) is 1. The quantitative estimate of drug-likeness (QED) is 0.633. The topological polar surface area (TPSA) is 55.2 Å². The lowest BCUT2D eigenvalue weighted by Crippen LogP contribution is -2.05. The van der Waals surface area contributed by atoms with Crippen molar-refractivity contribution in [2.45, 2.75) is 20.8 Å². The van der Waals surface area contributed by atoms with Gasteiger partial charge in [-0.2, -0.15) is 14.9 Å². The first kappa shape index (κ1) is 17.0. The molecule has 0 aliphatic heterocycles. The van der Waals surface area contributed by atoms with Gasteiger partial charge in [-0.15, -0.1) is 0 Å². The van der Waals surface area contributed by atoms with E-state index in [2.05, 4.69) is 29.1 Å². The number of benzene rings is 1. The van der Waals surface area contributed by atoms with Gasteiger partial charge in [0.05, 0.1) is 22.9 Å². The maximum Gasteiger partial charge on any atom is 0.216 e. The average Bonchev–Trinajstić information content (AvgIpc) is 2.74. The number of aromatic nitrogens is 3. The lowest BCUT2D eigenvalue weighted by Gasteiger charge is -2.12. The molecule has 0 spiro atoms. The van der Waals surface area contributed by atoms with Gasteiger partial charge in [-0.25, -0.2) is 0 Å². The smallest absolute Gasteiger partial charge is 0.216 e. The Hall–Kier alpha value is -1.37. The highest BCUT2D eigenvalue weighted by Crippen LogP contribution is 2.34. The van der Waals surface area contributed by atoms with Crippen molar-refractivity contribution in [2.75, 3.05) is 6.61 Å². The van der Waals surface area contributed by atoms with Gasteiger partial charge in [0.25, 0.3) is 0 Å². The molecule has 0 bridgehead atoms. The number of halogens is 2. The fourth-order valence-electron chi connectivity index (χ4n) is 1.67.